The van der Waals surface area contributed by atoms with Gasteiger partial charge in [0.15, 0.2) is 0 Å². The standard InChI is InChI=1S/C11H13N/c1-4-10-8-6-7-9-11(10)12(3)5-2/h4-9H,1-2H2,3H3. The van der Waals surface area contributed by atoms with E-state index in [-0.39, 0.29) is 0 Å². The second-order valence-electron chi connectivity index (χ2n) is 2.56. The maximum Gasteiger partial charge on any atom is 0.0476 e. The van der Waals surface area contributed by atoms with Crippen molar-refractivity contribution in [3.8, 4) is 0 Å². The Hall–Kier alpha value is -1.50. The zero-order valence-corrected chi connectivity index (χ0v) is 7.33. The molecule has 0 radical (unpaired) electrons. The molecule has 0 aliphatic carbocycles. The number of benzene rings is 1. The summed E-state index contributed by atoms with van der Waals surface area (Å²) in [5.74, 6) is 0. The van der Waals surface area contributed by atoms with Crippen LogP contribution in [0.15, 0.2) is 43.6 Å². The van der Waals surface area contributed by atoms with Gasteiger partial charge in [-0.2, -0.15) is 0 Å². The molecule has 0 amide bonds. The maximum atomic E-state index is 3.75. The van der Waals surface area contributed by atoms with Crippen molar-refractivity contribution in [2.24, 2.45) is 0 Å². The van der Waals surface area contributed by atoms with Gasteiger partial charge in [-0.15, -0.1) is 0 Å². The van der Waals surface area contributed by atoms with Crippen LogP contribution in [-0.2, 0) is 0 Å². The Balaban J connectivity index is 3.12. The van der Waals surface area contributed by atoms with Crippen LogP contribution in [0.1, 0.15) is 5.56 Å². The molecule has 1 nitrogen and oxygen atoms in total. The average molecular weight is 159 g/mol. The van der Waals surface area contributed by atoms with Crippen LogP contribution in [0, 0.1) is 0 Å². The van der Waals surface area contributed by atoms with E-state index in [2.05, 4.69) is 13.2 Å². The van der Waals surface area contributed by atoms with Crippen molar-refractivity contribution in [3.63, 3.8) is 0 Å². The van der Waals surface area contributed by atoms with Crippen LogP contribution in [0.4, 0.5) is 5.69 Å². The Morgan fingerprint density at radius 1 is 1.25 bits per heavy atom. The van der Waals surface area contributed by atoms with Gasteiger partial charge >= 0.3 is 0 Å². The second kappa shape index (κ2) is 3.77. The minimum absolute atomic E-state index is 1.12. The lowest BCUT2D eigenvalue weighted by atomic mass is 10.1. The van der Waals surface area contributed by atoms with E-state index in [1.54, 1.807) is 6.20 Å². The van der Waals surface area contributed by atoms with E-state index >= 15 is 0 Å². The Bertz CT molecular complexity index is 289. The van der Waals surface area contributed by atoms with Gasteiger partial charge in [0.05, 0.1) is 0 Å². The van der Waals surface area contributed by atoms with Crippen LogP contribution in [0.2, 0.25) is 0 Å². The molecule has 0 N–H and O–H groups in total. The molecule has 0 heterocycles. The summed E-state index contributed by atoms with van der Waals surface area (Å²) in [4.78, 5) is 1.97. The fourth-order valence-electron chi connectivity index (χ4n) is 1.08. The summed E-state index contributed by atoms with van der Waals surface area (Å²) in [6.07, 6.45) is 3.62. The third-order valence-corrected chi connectivity index (χ3v) is 1.81. The highest BCUT2D eigenvalue weighted by atomic mass is 15.1. The van der Waals surface area contributed by atoms with E-state index in [4.69, 9.17) is 0 Å². The van der Waals surface area contributed by atoms with Gasteiger partial charge in [0.2, 0.25) is 0 Å². The van der Waals surface area contributed by atoms with Crippen molar-refractivity contribution in [1.82, 2.24) is 0 Å². The SMILES string of the molecule is C=Cc1ccccc1N(C)C=C. The van der Waals surface area contributed by atoms with Gasteiger partial charge in [-0.25, -0.2) is 0 Å². The highest BCUT2D eigenvalue weighted by Crippen LogP contribution is 2.19. The Morgan fingerprint density at radius 2 is 1.92 bits per heavy atom. The Kier molecular flexibility index (Phi) is 2.70. The third kappa shape index (κ3) is 1.56. The molecule has 0 unspecified atom stereocenters. The lowest BCUT2D eigenvalue weighted by Crippen LogP contribution is -2.07. The van der Waals surface area contributed by atoms with Gasteiger partial charge in [-0.1, -0.05) is 37.4 Å². The zero-order valence-electron chi connectivity index (χ0n) is 7.33. The highest BCUT2D eigenvalue weighted by molar-refractivity contribution is 5.67. The molecule has 0 spiro atoms. The molecule has 62 valence electrons. The molecule has 1 rings (SSSR count). The van der Waals surface area contributed by atoms with Crippen LogP contribution in [0.5, 0.6) is 0 Å². The summed E-state index contributed by atoms with van der Waals surface area (Å²) >= 11 is 0. The summed E-state index contributed by atoms with van der Waals surface area (Å²) in [5.41, 5.74) is 2.25. The van der Waals surface area contributed by atoms with Crippen molar-refractivity contribution in [2.45, 2.75) is 0 Å². The maximum absolute atomic E-state index is 3.75. The molecule has 0 saturated heterocycles. The average Bonchev–Trinajstić information content (AvgIpc) is 2.16. The minimum atomic E-state index is 1.12. The van der Waals surface area contributed by atoms with E-state index in [9.17, 15) is 0 Å². The fraction of sp³-hybridized carbons (Fsp3) is 0.0909. The number of rotatable bonds is 3. The van der Waals surface area contributed by atoms with Crippen molar-refractivity contribution in [3.05, 3.63) is 49.2 Å². The first kappa shape index (κ1) is 8.60. The van der Waals surface area contributed by atoms with E-state index in [0.29, 0.717) is 0 Å². The normalized spacial score (nSPS) is 9.08. The fourth-order valence-corrected chi connectivity index (χ4v) is 1.08. The van der Waals surface area contributed by atoms with Gasteiger partial charge in [0, 0.05) is 12.7 Å². The summed E-state index contributed by atoms with van der Waals surface area (Å²) in [6.45, 7) is 7.45. The quantitative estimate of drug-likeness (QED) is 0.655. The molecule has 1 heteroatoms. The molecule has 1 aromatic carbocycles. The lowest BCUT2D eigenvalue weighted by molar-refractivity contribution is 1.21. The van der Waals surface area contributed by atoms with E-state index in [1.807, 2.05) is 42.3 Å². The number of anilines is 1. The molecule has 0 atom stereocenters. The molecular formula is C11H13N. The first-order valence-corrected chi connectivity index (χ1v) is 3.86. The summed E-state index contributed by atoms with van der Waals surface area (Å²) in [6, 6.07) is 8.07. The molecule has 0 aliphatic heterocycles. The van der Waals surface area contributed by atoms with Crippen molar-refractivity contribution < 1.29 is 0 Å². The molecule has 0 aromatic heterocycles. The van der Waals surface area contributed by atoms with Gasteiger partial charge in [0.1, 0.15) is 0 Å². The van der Waals surface area contributed by atoms with E-state index in [1.165, 1.54) is 0 Å². The topological polar surface area (TPSA) is 3.24 Å². The van der Waals surface area contributed by atoms with Crippen molar-refractivity contribution in [2.75, 3.05) is 11.9 Å². The number of para-hydroxylation sites is 1. The van der Waals surface area contributed by atoms with Crippen LogP contribution < -0.4 is 4.90 Å². The Labute approximate surface area is 73.6 Å². The summed E-state index contributed by atoms with van der Waals surface area (Å²) < 4.78 is 0. The third-order valence-electron chi connectivity index (χ3n) is 1.81. The van der Waals surface area contributed by atoms with Gasteiger partial charge < -0.3 is 4.90 Å². The van der Waals surface area contributed by atoms with Crippen LogP contribution in [-0.4, -0.2) is 7.05 Å². The molecular weight excluding hydrogens is 146 g/mol. The van der Waals surface area contributed by atoms with E-state index < -0.39 is 0 Å². The minimum Gasteiger partial charge on any atom is -0.351 e. The largest absolute Gasteiger partial charge is 0.351 e. The Morgan fingerprint density at radius 3 is 2.50 bits per heavy atom. The van der Waals surface area contributed by atoms with Crippen molar-refractivity contribution in [1.29, 1.82) is 0 Å². The molecule has 0 aliphatic rings. The second-order valence-corrected chi connectivity index (χ2v) is 2.56. The molecule has 12 heavy (non-hydrogen) atoms. The van der Waals surface area contributed by atoms with Crippen LogP contribution in [0.25, 0.3) is 6.08 Å². The first-order chi connectivity index (χ1) is 5.79. The number of hydrogen-bond acceptors (Lipinski definition) is 1. The van der Waals surface area contributed by atoms with E-state index in [0.717, 1.165) is 11.3 Å². The van der Waals surface area contributed by atoms with Gasteiger partial charge in [-0.3, -0.25) is 0 Å². The predicted molar refractivity (Wildman–Crippen MR) is 55.1 cm³/mol. The zero-order chi connectivity index (χ0) is 8.97. The van der Waals surface area contributed by atoms with Gasteiger partial charge in [0.25, 0.3) is 0 Å². The molecule has 0 bridgehead atoms. The highest BCUT2D eigenvalue weighted by Gasteiger charge is 1.99. The molecule has 0 fully saturated rings. The smallest absolute Gasteiger partial charge is 0.0476 e. The first-order valence-electron chi connectivity index (χ1n) is 3.86. The molecule has 1 aromatic rings. The van der Waals surface area contributed by atoms with Crippen LogP contribution in [0.3, 0.4) is 0 Å². The number of nitrogens with zero attached hydrogens (tertiary/aromatic N) is 1. The van der Waals surface area contributed by atoms with Gasteiger partial charge in [-0.05, 0) is 17.8 Å². The summed E-state index contributed by atoms with van der Waals surface area (Å²) in [7, 11) is 1.97. The predicted octanol–water partition coefficient (Wildman–Crippen LogP) is 2.91. The van der Waals surface area contributed by atoms with Crippen LogP contribution >= 0.6 is 0 Å². The monoisotopic (exact) mass is 159 g/mol. The lowest BCUT2D eigenvalue weighted by Gasteiger charge is -2.15. The summed E-state index contributed by atoms with van der Waals surface area (Å²) in [5, 5.41) is 0. The number of hydrogen-bond donors (Lipinski definition) is 0. The van der Waals surface area contributed by atoms with Crippen molar-refractivity contribution >= 4 is 11.8 Å². The molecule has 0 saturated carbocycles.